The van der Waals surface area contributed by atoms with Crippen molar-refractivity contribution in [1.29, 1.82) is 0 Å². The van der Waals surface area contributed by atoms with Crippen LogP contribution in [0.2, 0.25) is 5.02 Å². The molecule has 0 aliphatic heterocycles. The Kier molecular flexibility index (Phi) is 5.49. The van der Waals surface area contributed by atoms with E-state index in [1.807, 2.05) is 14.1 Å². The molecule has 0 saturated carbocycles. The predicted molar refractivity (Wildman–Crippen MR) is 65.5 cm³/mol. The molecule has 1 rings (SSSR count). The summed E-state index contributed by atoms with van der Waals surface area (Å²) < 4.78 is 13.3. The lowest BCUT2D eigenvalue weighted by molar-refractivity contribution is 0.396. The van der Waals surface area contributed by atoms with Crippen molar-refractivity contribution < 1.29 is 4.39 Å². The van der Waals surface area contributed by atoms with Gasteiger partial charge in [0, 0.05) is 12.7 Å². The van der Waals surface area contributed by atoms with E-state index in [4.69, 9.17) is 11.6 Å². The summed E-state index contributed by atoms with van der Waals surface area (Å²) >= 11 is 5.60. The summed E-state index contributed by atoms with van der Waals surface area (Å²) in [4.78, 5) is 6.01. The maximum absolute atomic E-state index is 13.3. The van der Waals surface area contributed by atoms with Crippen molar-refractivity contribution in [2.75, 3.05) is 32.5 Å². The average molecular weight is 246 g/mol. The van der Waals surface area contributed by atoms with E-state index in [1.165, 1.54) is 12.3 Å². The number of nitrogens with zero attached hydrogens (tertiary/aromatic N) is 2. The second kappa shape index (κ2) is 6.66. The molecule has 1 N–H and O–H groups in total. The van der Waals surface area contributed by atoms with Crippen molar-refractivity contribution >= 4 is 17.4 Å². The molecule has 1 aromatic heterocycles. The maximum atomic E-state index is 13.3. The molecule has 0 aliphatic carbocycles. The number of nitrogens with one attached hydrogen (secondary N) is 1. The molecule has 0 amide bonds. The van der Waals surface area contributed by atoms with Crippen molar-refractivity contribution in [2.45, 2.75) is 12.8 Å². The van der Waals surface area contributed by atoms with E-state index < -0.39 is 5.82 Å². The Morgan fingerprint density at radius 1 is 1.44 bits per heavy atom. The van der Waals surface area contributed by atoms with Crippen molar-refractivity contribution in [3.63, 3.8) is 0 Å². The van der Waals surface area contributed by atoms with E-state index in [1.54, 1.807) is 0 Å². The van der Waals surface area contributed by atoms with Crippen LogP contribution in [-0.4, -0.2) is 37.1 Å². The van der Waals surface area contributed by atoms with Gasteiger partial charge in [0.1, 0.15) is 0 Å². The van der Waals surface area contributed by atoms with Crippen LogP contribution in [0.4, 0.5) is 10.2 Å². The lowest BCUT2D eigenvalue weighted by Gasteiger charge is -2.10. The number of anilines is 1. The van der Waals surface area contributed by atoms with Crippen LogP contribution in [0.1, 0.15) is 12.8 Å². The largest absolute Gasteiger partial charge is 0.368 e. The van der Waals surface area contributed by atoms with Gasteiger partial charge in [0.05, 0.1) is 5.02 Å². The van der Waals surface area contributed by atoms with E-state index in [-0.39, 0.29) is 5.82 Å². The zero-order valence-corrected chi connectivity index (χ0v) is 10.4. The number of halogens is 2. The highest BCUT2D eigenvalue weighted by Gasteiger charge is 2.03. The van der Waals surface area contributed by atoms with E-state index in [9.17, 15) is 4.39 Å². The Balaban J connectivity index is 2.27. The van der Waals surface area contributed by atoms with Crippen LogP contribution in [0.25, 0.3) is 0 Å². The third-order valence-corrected chi connectivity index (χ3v) is 2.34. The fourth-order valence-electron chi connectivity index (χ4n) is 1.30. The second-order valence-corrected chi connectivity index (χ2v) is 4.36. The fourth-order valence-corrected chi connectivity index (χ4v) is 1.45. The molecule has 0 saturated heterocycles. The van der Waals surface area contributed by atoms with Crippen molar-refractivity contribution in [3.8, 4) is 0 Å². The summed E-state index contributed by atoms with van der Waals surface area (Å²) in [5.41, 5.74) is 0. The molecule has 0 aliphatic rings. The molecule has 0 fully saturated rings. The Labute approximate surface area is 101 Å². The maximum Gasteiger partial charge on any atom is 0.166 e. The molecule has 0 radical (unpaired) electrons. The number of rotatable bonds is 6. The first-order valence-corrected chi connectivity index (χ1v) is 5.67. The van der Waals surface area contributed by atoms with E-state index in [2.05, 4.69) is 15.2 Å². The molecule has 0 atom stereocenters. The van der Waals surface area contributed by atoms with Gasteiger partial charge in [0.15, 0.2) is 11.6 Å². The number of hydrogen-bond acceptors (Lipinski definition) is 3. The molecule has 0 unspecified atom stereocenters. The molecule has 1 aromatic rings. The van der Waals surface area contributed by atoms with Gasteiger partial charge in [-0.2, -0.15) is 0 Å². The average Bonchev–Trinajstić information content (AvgIpc) is 2.20. The van der Waals surface area contributed by atoms with Crippen LogP contribution >= 0.6 is 11.6 Å². The molecule has 0 aromatic carbocycles. The Morgan fingerprint density at radius 2 is 2.19 bits per heavy atom. The summed E-state index contributed by atoms with van der Waals surface area (Å²) in [5, 5.41) is 3.27. The lowest BCUT2D eigenvalue weighted by atomic mass is 10.3. The number of aromatic nitrogens is 1. The molecule has 1 heterocycles. The van der Waals surface area contributed by atoms with Crippen LogP contribution in [0.15, 0.2) is 12.3 Å². The second-order valence-electron chi connectivity index (χ2n) is 3.92. The van der Waals surface area contributed by atoms with Gasteiger partial charge < -0.3 is 10.2 Å². The Bertz CT molecular complexity index is 331. The first kappa shape index (κ1) is 13.2. The Hall–Kier alpha value is -0.870. The van der Waals surface area contributed by atoms with Gasteiger partial charge in [-0.25, -0.2) is 9.37 Å². The van der Waals surface area contributed by atoms with Gasteiger partial charge in [-0.3, -0.25) is 0 Å². The van der Waals surface area contributed by atoms with Gasteiger partial charge in [-0.05, 0) is 39.5 Å². The molecular formula is C11H17ClFN3. The number of hydrogen-bond donors (Lipinski definition) is 1. The minimum Gasteiger partial charge on any atom is -0.368 e. The lowest BCUT2D eigenvalue weighted by Crippen LogP contribution is -2.14. The third kappa shape index (κ3) is 4.77. The molecule has 90 valence electrons. The molecule has 5 heteroatoms. The molecule has 0 bridgehead atoms. The molecular weight excluding hydrogens is 229 g/mol. The van der Waals surface area contributed by atoms with E-state index in [0.717, 1.165) is 25.9 Å². The predicted octanol–water partition coefficient (Wildman–Crippen LogP) is 2.63. The topological polar surface area (TPSA) is 28.2 Å². The zero-order valence-electron chi connectivity index (χ0n) is 9.63. The summed E-state index contributed by atoms with van der Waals surface area (Å²) in [5.74, 6) is -0.130. The van der Waals surface area contributed by atoms with Crippen LogP contribution in [0.3, 0.4) is 0 Å². The van der Waals surface area contributed by atoms with Crippen LogP contribution < -0.4 is 5.32 Å². The van der Waals surface area contributed by atoms with Gasteiger partial charge in [0.25, 0.3) is 0 Å². The van der Waals surface area contributed by atoms with E-state index in [0.29, 0.717) is 5.02 Å². The summed E-state index contributed by atoms with van der Waals surface area (Å²) in [6.07, 6.45) is 3.50. The molecule has 0 spiro atoms. The highest BCUT2D eigenvalue weighted by atomic mass is 35.5. The summed E-state index contributed by atoms with van der Waals surface area (Å²) in [7, 11) is 4.07. The van der Waals surface area contributed by atoms with Crippen LogP contribution in [0.5, 0.6) is 0 Å². The fraction of sp³-hybridized carbons (Fsp3) is 0.545. The van der Waals surface area contributed by atoms with Crippen molar-refractivity contribution in [1.82, 2.24) is 9.88 Å². The van der Waals surface area contributed by atoms with Gasteiger partial charge in [-0.15, -0.1) is 0 Å². The highest BCUT2D eigenvalue weighted by molar-refractivity contribution is 6.30. The SMILES string of the molecule is CN(C)CCCCNc1ncc(Cl)cc1F. The van der Waals surface area contributed by atoms with Gasteiger partial charge in [0.2, 0.25) is 0 Å². The standard InChI is InChI=1S/C11H17ClFN3/c1-16(2)6-4-3-5-14-11-10(13)7-9(12)8-15-11/h7-8H,3-6H2,1-2H3,(H,14,15). The minimum absolute atomic E-state index is 0.272. The van der Waals surface area contributed by atoms with Crippen LogP contribution in [-0.2, 0) is 0 Å². The zero-order chi connectivity index (χ0) is 12.0. The molecule has 3 nitrogen and oxygen atoms in total. The minimum atomic E-state index is -0.403. The smallest absolute Gasteiger partial charge is 0.166 e. The quantitative estimate of drug-likeness (QED) is 0.781. The first-order valence-electron chi connectivity index (χ1n) is 5.29. The highest BCUT2D eigenvalue weighted by Crippen LogP contribution is 2.15. The summed E-state index contributed by atoms with van der Waals surface area (Å²) in [6.45, 7) is 1.76. The van der Waals surface area contributed by atoms with Gasteiger partial charge >= 0.3 is 0 Å². The van der Waals surface area contributed by atoms with E-state index >= 15 is 0 Å². The number of pyridine rings is 1. The van der Waals surface area contributed by atoms with Crippen molar-refractivity contribution in [3.05, 3.63) is 23.1 Å². The normalized spacial score (nSPS) is 10.8. The summed E-state index contributed by atoms with van der Waals surface area (Å²) in [6, 6.07) is 1.26. The molecule has 16 heavy (non-hydrogen) atoms. The van der Waals surface area contributed by atoms with Crippen molar-refractivity contribution in [2.24, 2.45) is 0 Å². The third-order valence-electron chi connectivity index (χ3n) is 2.13. The van der Waals surface area contributed by atoms with Gasteiger partial charge in [-0.1, -0.05) is 11.6 Å². The first-order chi connectivity index (χ1) is 7.59. The monoisotopic (exact) mass is 245 g/mol. The number of unbranched alkanes of at least 4 members (excludes halogenated alkanes) is 1. The Morgan fingerprint density at radius 3 is 2.81 bits per heavy atom. The van der Waals surface area contributed by atoms with Crippen LogP contribution in [0, 0.1) is 5.82 Å².